The first-order valence-electron chi connectivity index (χ1n) is 9.88. The third-order valence-electron chi connectivity index (χ3n) is 4.94. The molecule has 30 heavy (non-hydrogen) atoms. The quantitative estimate of drug-likeness (QED) is 0.622. The Morgan fingerprint density at radius 3 is 2.70 bits per heavy atom. The highest BCUT2D eigenvalue weighted by Crippen LogP contribution is 2.25. The predicted molar refractivity (Wildman–Crippen MR) is 118 cm³/mol. The molecule has 2 N–H and O–H groups in total. The van der Waals surface area contributed by atoms with Gasteiger partial charge in [0.05, 0.1) is 6.61 Å². The minimum atomic E-state index is -0.401. The van der Waals surface area contributed by atoms with Crippen LogP contribution < -0.4 is 15.4 Å². The van der Waals surface area contributed by atoms with Gasteiger partial charge in [-0.2, -0.15) is 4.98 Å². The zero-order valence-electron chi connectivity index (χ0n) is 16.7. The molecule has 0 aromatic carbocycles. The van der Waals surface area contributed by atoms with Gasteiger partial charge in [-0.3, -0.25) is 15.6 Å². The molecule has 4 rings (SSSR count). The third kappa shape index (κ3) is 5.52. The fourth-order valence-electron chi connectivity index (χ4n) is 3.22. The monoisotopic (exact) mass is 424 g/mol. The van der Waals surface area contributed by atoms with E-state index in [0.29, 0.717) is 30.0 Å². The Labute approximate surface area is 179 Å². The summed E-state index contributed by atoms with van der Waals surface area (Å²) in [5.74, 6) is 1.97. The number of piperidine rings is 1. The van der Waals surface area contributed by atoms with Crippen LogP contribution in [0.4, 0.5) is 16.4 Å². The summed E-state index contributed by atoms with van der Waals surface area (Å²) in [5, 5.41) is 8.08. The number of nitrogens with zero attached hydrogens (tertiary/aromatic N) is 4. The molecular weight excluding hydrogens is 400 g/mol. The molecule has 1 aliphatic heterocycles. The molecule has 8 nitrogen and oxygen atoms in total. The summed E-state index contributed by atoms with van der Waals surface area (Å²) >= 11 is 1.45. The third-order valence-corrected chi connectivity index (χ3v) is 5.83. The summed E-state index contributed by atoms with van der Waals surface area (Å²) < 4.78 is 5.86. The Hall–Kier alpha value is -3.04. The Bertz CT molecular complexity index is 972. The molecular formula is C21H24N6O2S. The number of aromatic nitrogens is 3. The number of amides is 2. The maximum Gasteiger partial charge on any atom is 0.326 e. The molecule has 3 aromatic rings. The second kappa shape index (κ2) is 9.64. The van der Waals surface area contributed by atoms with Crippen molar-refractivity contribution >= 4 is 29.0 Å². The Morgan fingerprint density at radius 2 is 1.90 bits per heavy atom. The van der Waals surface area contributed by atoms with Gasteiger partial charge < -0.3 is 9.64 Å². The van der Waals surface area contributed by atoms with Gasteiger partial charge in [-0.15, -0.1) is 11.3 Å². The van der Waals surface area contributed by atoms with Crippen molar-refractivity contribution in [3.05, 3.63) is 48.1 Å². The van der Waals surface area contributed by atoms with E-state index in [1.165, 1.54) is 11.3 Å². The summed E-state index contributed by atoms with van der Waals surface area (Å²) in [5.41, 5.74) is 0.958. The van der Waals surface area contributed by atoms with Crippen LogP contribution in [0.5, 0.6) is 5.88 Å². The summed E-state index contributed by atoms with van der Waals surface area (Å²) in [6.07, 6.45) is 5.69. The van der Waals surface area contributed by atoms with Gasteiger partial charge in [0.2, 0.25) is 5.88 Å². The van der Waals surface area contributed by atoms with Crippen molar-refractivity contribution < 1.29 is 9.53 Å². The number of likely N-dealkylation sites (tertiary alicyclic amines) is 1. The van der Waals surface area contributed by atoms with E-state index in [9.17, 15) is 4.79 Å². The van der Waals surface area contributed by atoms with Crippen molar-refractivity contribution in [1.82, 2.24) is 19.9 Å². The maximum atomic E-state index is 12.3. The summed E-state index contributed by atoms with van der Waals surface area (Å²) in [6, 6.07) is 8.71. The first-order chi connectivity index (χ1) is 14.7. The molecule has 0 aliphatic carbocycles. The second-order valence-electron chi connectivity index (χ2n) is 7.27. The lowest BCUT2D eigenvalue weighted by Crippen LogP contribution is -2.32. The van der Waals surface area contributed by atoms with Crippen LogP contribution in [0.1, 0.15) is 12.8 Å². The number of anilines is 2. The van der Waals surface area contributed by atoms with E-state index in [1.54, 1.807) is 29.9 Å². The largest absolute Gasteiger partial charge is 0.477 e. The lowest BCUT2D eigenvalue weighted by molar-refractivity contribution is 0.157. The van der Waals surface area contributed by atoms with Gasteiger partial charge in [-0.1, -0.05) is 6.07 Å². The van der Waals surface area contributed by atoms with Crippen molar-refractivity contribution in [1.29, 1.82) is 0 Å². The Morgan fingerprint density at radius 1 is 1.13 bits per heavy atom. The number of carbonyl (C=O) groups is 1. The van der Waals surface area contributed by atoms with E-state index in [2.05, 4.69) is 37.5 Å². The van der Waals surface area contributed by atoms with E-state index >= 15 is 0 Å². The number of pyridine rings is 2. The number of ether oxygens (including phenoxy) is 1. The smallest absolute Gasteiger partial charge is 0.326 e. The molecule has 0 spiro atoms. The lowest BCUT2D eigenvalue weighted by Gasteiger charge is -2.28. The van der Waals surface area contributed by atoms with E-state index in [-0.39, 0.29) is 0 Å². The molecule has 0 radical (unpaired) electrons. The standard InChI is InChI=1S/C21H24N6O2S/c1-27-11-7-15(8-12-27)13-29-19-4-2-3-17(23-19)25-21(28)26-18-14-30-20(24-18)16-5-9-22-10-6-16/h2-6,9-10,14-15H,7-8,11-13H2,1H3,(H2,23,25,26,28). The van der Waals surface area contributed by atoms with Gasteiger partial charge >= 0.3 is 6.03 Å². The van der Waals surface area contributed by atoms with E-state index in [1.807, 2.05) is 18.2 Å². The second-order valence-corrected chi connectivity index (χ2v) is 8.13. The molecule has 1 saturated heterocycles. The first kappa shape index (κ1) is 20.2. The molecule has 0 saturated carbocycles. The first-order valence-corrected chi connectivity index (χ1v) is 10.8. The van der Waals surface area contributed by atoms with Crippen LogP contribution in [-0.4, -0.2) is 52.6 Å². The highest BCUT2D eigenvalue weighted by molar-refractivity contribution is 7.13. The van der Waals surface area contributed by atoms with E-state index in [0.717, 1.165) is 36.5 Å². The number of rotatable bonds is 6. The van der Waals surface area contributed by atoms with Crippen LogP contribution in [0.25, 0.3) is 10.6 Å². The minimum Gasteiger partial charge on any atom is -0.477 e. The summed E-state index contributed by atoms with van der Waals surface area (Å²) in [6.45, 7) is 2.85. The van der Waals surface area contributed by atoms with Crippen LogP contribution in [0, 0.1) is 5.92 Å². The molecule has 9 heteroatoms. The molecule has 1 aliphatic rings. The molecule has 0 bridgehead atoms. The van der Waals surface area contributed by atoms with Gasteiger partial charge in [-0.05, 0) is 57.1 Å². The van der Waals surface area contributed by atoms with Gasteiger partial charge in [-0.25, -0.2) is 9.78 Å². The Kier molecular flexibility index (Phi) is 6.50. The SMILES string of the molecule is CN1CCC(COc2cccc(NC(=O)Nc3csc(-c4ccncc4)n3)n2)CC1. The Balaban J connectivity index is 1.29. The topological polar surface area (TPSA) is 92.3 Å². The average Bonchev–Trinajstić information content (AvgIpc) is 3.22. The van der Waals surface area contributed by atoms with Gasteiger partial charge in [0, 0.05) is 29.4 Å². The van der Waals surface area contributed by atoms with E-state index < -0.39 is 6.03 Å². The van der Waals surface area contributed by atoms with Gasteiger partial charge in [0.1, 0.15) is 16.6 Å². The molecule has 0 unspecified atom stereocenters. The highest BCUT2D eigenvalue weighted by atomic mass is 32.1. The van der Waals surface area contributed by atoms with Crippen molar-refractivity contribution in [2.24, 2.45) is 5.92 Å². The fraction of sp³-hybridized carbons (Fsp3) is 0.333. The molecule has 156 valence electrons. The number of carbonyl (C=O) groups excluding carboxylic acids is 1. The number of nitrogens with one attached hydrogen (secondary N) is 2. The van der Waals surface area contributed by atoms with E-state index in [4.69, 9.17) is 4.74 Å². The fourth-order valence-corrected chi connectivity index (χ4v) is 3.98. The average molecular weight is 425 g/mol. The minimum absolute atomic E-state index is 0.401. The van der Waals surface area contributed by atoms with Crippen LogP contribution in [-0.2, 0) is 0 Å². The maximum absolute atomic E-state index is 12.3. The zero-order chi connectivity index (χ0) is 20.8. The lowest BCUT2D eigenvalue weighted by atomic mass is 9.98. The van der Waals surface area contributed by atoms with Crippen LogP contribution in [0.3, 0.4) is 0 Å². The molecule has 4 heterocycles. The van der Waals surface area contributed by atoms with Crippen LogP contribution >= 0.6 is 11.3 Å². The van der Waals surface area contributed by atoms with Crippen molar-refractivity contribution in [2.45, 2.75) is 12.8 Å². The van der Waals surface area contributed by atoms with Gasteiger partial charge in [0.15, 0.2) is 0 Å². The number of hydrogen-bond acceptors (Lipinski definition) is 7. The molecule has 1 fully saturated rings. The zero-order valence-corrected chi connectivity index (χ0v) is 17.6. The predicted octanol–water partition coefficient (Wildman–Crippen LogP) is 3.96. The number of urea groups is 1. The summed E-state index contributed by atoms with van der Waals surface area (Å²) in [4.78, 5) is 27.5. The van der Waals surface area contributed by atoms with Crippen LogP contribution in [0.2, 0.25) is 0 Å². The molecule has 0 atom stereocenters. The van der Waals surface area contributed by atoms with Crippen molar-refractivity contribution in [3.63, 3.8) is 0 Å². The normalized spacial score (nSPS) is 15.0. The van der Waals surface area contributed by atoms with Crippen molar-refractivity contribution in [3.8, 4) is 16.5 Å². The summed E-state index contributed by atoms with van der Waals surface area (Å²) in [7, 11) is 2.14. The highest BCUT2D eigenvalue weighted by Gasteiger charge is 2.17. The number of thiazole rings is 1. The van der Waals surface area contributed by atoms with Gasteiger partial charge in [0.25, 0.3) is 0 Å². The van der Waals surface area contributed by atoms with Crippen LogP contribution in [0.15, 0.2) is 48.1 Å². The number of hydrogen-bond donors (Lipinski definition) is 2. The van der Waals surface area contributed by atoms with Crippen molar-refractivity contribution in [2.75, 3.05) is 37.4 Å². The molecule has 2 amide bonds. The molecule has 3 aromatic heterocycles.